The van der Waals surface area contributed by atoms with E-state index in [1.165, 1.54) is 25.7 Å². The maximum absolute atomic E-state index is 12.2. The number of esters is 2. The Hall–Kier alpha value is -1.77. The van der Waals surface area contributed by atoms with Crippen LogP contribution in [0.15, 0.2) is 36.5 Å². The molecule has 1 saturated heterocycles. The highest BCUT2D eigenvalue weighted by Crippen LogP contribution is 2.36. The number of hydrogen-bond donors (Lipinski definition) is 2. The third kappa shape index (κ3) is 23.5. The summed E-state index contributed by atoms with van der Waals surface area (Å²) in [7, 11) is -4.75. The normalized spacial score (nSPS) is 18.0. The van der Waals surface area contributed by atoms with Gasteiger partial charge in [0, 0.05) is 12.8 Å². The minimum Gasteiger partial charge on any atom is -0.462 e. The monoisotopic (exact) mass is 600 g/mol. The molecule has 0 amide bonds. The van der Waals surface area contributed by atoms with Crippen LogP contribution in [-0.2, 0) is 32.9 Å². The van der Waals surface area contributed by atoms with Gasteiger partial charge in [-0.2, -0.15) is 0 Å². The molecule has 2 N–H and O–H groups in total. The molecule has 0 spiro atoms. The second-order valence-corrected chi connectivity index (χ2v) is 11.7. The number of carbonyl (C=O) groups is 2. The highest BCUT2D eigenvalue weighted by atomic mass is 31.2. The van der Waals surface area contributed by atoms with Gasteiger partial charge in [-0.25, -0.2) is 4.57 Å². The number of carbonyl (C=O) groups excluding carboxylic acids is 2. The predicted molar refractivity (Wildman–Crippen MR) is 160 cm³/mol. The molecule has 2 unspecified atom stereocenters. The highest BCUT2D eigenvalue weighted by Gasteiger charge is 2.36. The lowest BCUT2D eigenvalue weighted by Crippen LogP contribution is -2.29. The molecule has 0 bridgehead atoms. The van der Waals surface area contributed by atoms with Gasteiger partial charge in [0.15, 0.2) is 6.10 Å². The summed E-state index contributed by atoms with van der Waals surface area (Å²) in [5, 5.41) is 0. The Morgan fingerprint density at radius 2 is 1.41 bits per heavy atom. The number of hydrogen-bond acceptors (Lipinski definition) is 7. The van der Waals surface area contributed by atoms with Crippen molar-refractivity contribution in [1.29, 1.82) is 0 Å². The number of phosphoric ester groups is 1. The van der Waals surface area contributed by atoms with E-state index in [1.807, 2.05) is 12.2 Å². The number of rotatable bonds is 26. The van der Waals surface area contributed by atoms with E-state index in [4.69, 9.17) is 24.0 Å². The summed E-state index contributed by atoms with van der Waals surface area (Å²) in [5.74, 6) is -0.975. The molecule has 0 aliphatic carbocycles. The summed E-state index contributed by atoms with van der Waals surface area (Å²) in [6, 6.07) is 0. The van der Waals surface area contributed by atoms with Crippen molar-refractivity contribution >= 4 is 19.8 Å². The summed E-state index contributed by atoms with van der Waals surface area (Å²) in [6.07, 6.45) is 26.7. The van der Waals surface area contributed by atoms with Crippen LogP contribution in [0.1, 0.15) is 117 Å². The average Bonchev–Trinajstić information content (AvgIpc) is 3.68. The largest absolute Gasteiger partial charge is 0.469 e. The Labute approximate surface area is 247 Å². The van der Waals surface area contributed by atoms with Gasteiger partial charge >= 0.3 is 19.8 Å². The molecule has 1 heterocycles. The molecule has 3 atom stereocenters. The second kappa shape index (κ2) is 23.8. The molecule has 236 valence electrons. The molecule has 0 radical (unpaired) electrons. The maximum Gasteiger partial charge on any atom is 0.469 e. The first-order valence-corrected chi connectivity index (χ1v) is 16.9. The Balaban J connectivity index is 2.17. The van der Waals surface area contributed by atoms with Gasteiger partial charge in [-0.05, 0) is 44.9 Å². The first-order chi connectivity index (χ1) is 19.7. The van der Waals surface area contributed by atoms with Crippen molar-refractivity contribution in [3.63, 3.8) is 0 Å². The zero-order chi connectivity index (χ0) is 30.2. The summed E-state index contributed by atoms with van der Waals surface area (Å²) in [6.45, 7) is 3.46. The van der Waals surface area contributed by atoms with Crippen molar-refractivity contribution in [2.75, 3.05) is 13.2 Å². The lowest BCUT2D eigenvalue weighted by molar-refractivity contribution is -0.161. The van der Waals surface area contributed by atoms with Crippen LogP contribution in [0, 0.1) is 0 Å². The molecule has 1 rings (SSSR count). The highest BCUT2D eigenvalue weighted by molar-refractivity contribution is 7.46. The van der Waals surface area contributed by atoms with E-state index < -0.39 is 32.5 Å². The summed E-state index contributed by atoms with van der Waals surface area (Å²) in [5.41, 5.74) is 0. The molecule has 9 nitrogen and oxygen atoms in total. The SMILES string of the molecule is CCCCCCCC(=O)OC[C@H](COP(=O)(O)O)OC(=O)CCC/C=C\C/C=C\C/C=C\CC1OC1CCCCC. The van der Waals surface area contributed by atoms with Crippen molar-refractivity contribution in [3.8, 4) is 0 Å². The van der Waals surface area contributed by atoms with E-state index in [-0.39, 0.29) is 19.4 Å². The van der Waals surface area contributed by atoms with E-state index in [1.54, 1.807) is 0 Å². The minimum atomic E-state index is -4.75. The predicted octanol–water partition coefficient (Wildman–Crippen LogP) is 7.27. The topological polar surface area (TPSA) is 132 Å². The number of epoxide rings is 1. The number of unbranched alkanes of at least 4 members (excludes halogenated alkanes) is 7. The Kier molecular flexibility index (Phi) is 21.6. The molecule has 0 aromatic carbocycles. The molecular formula is C31H53O9P. The standard InChI is InChI=1S/C31H53O9P/c1-3-5-7-14-19-23-30(32)37-25-27(26-38-41(34,35)36)39-31(33)24-20-16-13-11-9-8-10-12-15-18-22-29-28(40-29)21-17-6-4-2/h8,10-11,13,15,18,27-29H,3-7,9,12,14,16-17,19-26H2,1-2H3,(H2,34,35,36)/b10-8-,13-11-,18-15-/t27-,28?,29?/m1/s1. The molecule has 0 aromatic heterocycles. The van der Waals surface area contributed by atoms with Gasteiger partial charge in [0.2, 0.25) is 0 Å². The van der Waals surface area contributed by atoms with Crippen molar-refractivity contribution in [2.24, 2.45) is 0 Å². The number of allylic oxidation sites excluding steroid dienone is 5. The van der Waals surface area contributed by atoms with Crippen LogP contribution >= 0.6 is 7.82 Å². The fourth-order valence-corrected chi connectivity index (χ4v) is 4.52. The van der Waals surface area contributed by atoms with Gasteiger partial charge in [0.05, 0.1) is 18.8 Å². The van der Waals surface area contributed by atoms with Crippen LogP contribution in [0.25, 0.3) is 0 Å². The molecule has 1 aliphatic rings. The van der Waals surface area contributed by atoms with E-state index >= 15 is 0 Å². The van der Waals surface area contributed by atoms with E-state index in [9.17, 15) is 14.2 Å². The van der Waals surface area contributed by atoms with Gasteiger partial charge in [-0.15, -0.1) is 0 Å². The first kappa shape index (κ1) is 37.3. The second-order valence-electron chi connectivity index (χ2n) is 10.5. The van der Waals surface area contributed by atoms with E-state index in [2.05, 4.69) is 42.7 Å². The van der Waals surface area contributed by atoms with Crippen LogP contribution in [0.5, 0.6) is 0 Å². The summed E-state index contributed by atoms with van der Waals surface area (Å²) < 4.78 is 31.6. The van der Waals surface area contributed by atoms with Crippen molar-refractivity contribution in [2.45, 2.75) is 135 Å². The average molecular weight is 601 g/mol. The Morgan fingerprint density at radius 3 is 2.12 bits per heavy atom. The Bertz CT molecular complexity index is 833. The Morgan fingerprint density at radius 1 is 0.780 bits per heavy atom. The first-order valence-electron chi connectivity index (χ1n) is 15.4. The maximum atomic E-state index is 12.2. The van der Waals surface area contributed by atoms with Crippen LogP contribution < -0.4 is 0 Å². The molecular weight excluding hydrogens is 547 g/mol. The van der Waals surface area contributed by atoms with Crippen molar-refractivity contribution < 1.29 is 42.7 Å². The summed E-state index contributed by atoms with van der Waals surface area (Å²) >= 11 is 0. The van der Waals surface area contributed by atoms with Crippen LogP contribution in [0.3, 0.4) is 0 Å². The fourth-order valence-electron chi connectivity index (χ4n) is 4.16. The third-order valence-corrected chi connectivity index (χ3v) is 7.07. The molecule has 10 heteroatoms. The van der Waals surface area contributed by atoms with Crippen molar-refractivity contribution in [1.82, 2.24) is 0 Å². The minimum absolute atomic E-state index is 0.132. The van der Waals surface area contributed by atoms with Gasteiger partial charge in [-0.3, -0.25) is 14.1 Å². The van der Waals surface area contributed by atoms with Crippen molar-refractivity contribution in [3.05, 3.63) is 36.5 Å². The lowest BCUT2D eigenvalue weighted by atomic mass is 10.1. The number of phosphoric acid groups is 1. The molecule has 0 aromatic rings. The van der Waals surface area contributed by atoms with Crippen LogP contribution in [0.2, 0.25) is 0 Å². The quantitative estimate of drug-likeness (QED) is 0.0346. The molecule has 0 saturated carbocycles. The fraction of sp³-hybridized carbons (Fsp3) is 0.742. The van der Waals surface area contributed by atoms with Gasteiger partial charge < -0.3 is 24.0 Å². The smallest absolute Gasteiger partial charge is 0.462 e. The zero-order valence-corrected chi connectivity index (χ0v) is 26.0. The number of ether oxygens (including phenoxy) is 3. The van der Waals surface area contributed by atoms with Crippen LogP contribution in [0.4, 0.5) is 0 Å². The van der Waals surface area contributed by atoms with E-state index in [0.29, 0.717) is 31.5 Å². The summed E-state index contributed by atoms with van der Waals surface area (Å²) in [4.78, 5) is 42.1. The molecule has 1 aliphatic heterocycles. The van der Waals surface area contributed by atoms with Gasteiger partial charge in [0.25, 0.3) is 0 Å². The third-order valence-electron chi connectivity index (χ3n) is 6.59. The molecule has 1 fully saturated rings. The lowest BCUT2D eigenvalue weighted by Gasteiger charge is -2.18. The zero-order valence-electron chi connectivity index (χ0n) is 25.1. The van der Waals surface area contributed by atoms with Crippen LogP contribution in [-0.4, -0.2) is 53.3 Å². The van der Waals surface area contributed by atoms with E-state index in [0.717, 1.165) is 44.9 Å². The molecule has 41 heavy (non-hydrogen) atoms. The van der Waals surface area contributed by atoms with Gasteiger partial charge in [0.1, 0.15) is 6.61 Å². The van der Waals surface area contributed by atoms with Gasteiger partial charge in [-0.1, -0.05) is 95.2 Å².